The zero-order valence-corrected chi connectivity index (χ0v) is 18.9. The van der Waals surface area contributed by atoms with Crippen LogP contribution in [0.4, 0.5) is 17.6 Å². The molecule has 0 spiro atoms. The summed E-state index contributed by atoms with van der Waals surface area (Å²) in [5, 5.41) is 0. The molecule has 0 unspecified atom stereocenters. The van der Waals surface area contributed by atoms with Crippen molar-refractivity contribution in [2.75, 3.05) is 0 Å². The van der Waals surface area contributed by atoms with Crippen LogP contribution in [-0.2, 0) is 6.11 Å². The third kappa shape index (κ3) is 5.13. The fraction of sp³-hybridized carbons (Fsp3) is 0.556. The molecule has 174 valence electrons. The van der Waals surface area contributed by atoms with Crippen molar-refractivity contribution in [2.24, 2.45) is 11.8 Å². The van der Waals surface area contributed by atoms with Crippen molar-refractivity contribution in [1.82, 2.24) is 0 Å². The maximum atomic E-state index is 14.8. The number of alkyl halides is 2. The third-order valence-corrected chi connectivity index (χ3v) is 7.46. The zero-order chi connectivity index (χ0) is 22.9. The number of hydrogen-bond acceptors (Lipinski definition) is 1. The molecule has 2 aliphatic carbocycles. The summed E-state index contributed by atoms with van der Waals surface area (Å²) in [5.41, 5.74) is 0.226. The average Bonchev–Trinajstić information content (AvgIpc) is 2.74. The second-order valence-corrected chi connectivity index (χ2v) is 9.96. The van der Waals surface area contributed by atoms with Gasteiger partial charge in [0.05, 0.1) is 0 Å². The van der Waals surface area contributed by atoms with Gasteiger partial charge < -0.3 is 4.74 Å². The lowest BCUT2D eigenvalue weighted by atomic mass is 9.79. The fourth-order valence-corrected chi connectivity index (χ4v) is 5.30. The van der Waals surface area contributed by atoms with Gasteiger partial charge in [-0.15, -0.1) is 0 Å². The number of halogens is 4. The molecule has 5 heteroatoms. The quantitative estimate of drug-likeness (QED) is 0.416. The summed E-state index contributed by atoms with van der Waals surface area (Å²) in [6.07, 6.45) is 3.98. The van der Waals surface area contributed by atoms with Crippen LogP contribution in [0.1, 0.15) is 93.7 Å². The van der Waals surface area contributed by atoms with Crippen LogP contribution in [0.3, 0.4) is 0 Å². The van der Waals surface area contributed by atoms with E-state index in [2.05, 4.69) is 13.8 Å². The topological polar surface area (TPSA) is 9.23 Å². The Balaban J connectivity index is 1.48. The van der Waals surface area contributed by atoms with Crippen molar-refractivity contribution in [3.63, 3.8) is 0 Å². The monoisotopic (exact) mass is 448 g/mol. The highest BCUT2D eigenvalue weighted by Gasteiger charge is 2.41. The molecule has 0 atom stereocenters. The van der Waals surface area contributed by atoms with Crippen molar-refractivity contribution < 1.29 is 22.3 Å². The molecule has 0 aromatic heterocycles. The summed E-state index contributed by atoms with van der Waals surface area (Å²) in [4.78, 5) is 0. The van der Waals surface area contributed by atoms with Crippen LogP contribution in [0.5, 0.6) is 5.75 Å². The molecule has 2 aromatic rings. The average molecular weight is 449 g/mol. The van der Waals surface area contributed by atoms with E-state index in [1.807, 2.05) is 0 Å². The standard InChI is InChI=1S/C27H32F4O/c1-17-3-7-19(8-4-17)20-11-13-23(14-12-20)32-27(30,31)26-24(28)15-22(16-25(26)29)21-9-5-18(2)6-10-21/h11-19,21H,3-10H2,1-2H3. The minimum absolute atomic E-state index is 0.00844. The Bertz CT molecular complexity index is 885. The van der Waals surface area contributed by atoms with E-state index < -0.39 is 23.3 Å². The maximum absolute atomic E-state index is 14.8. The summed E-state index contributed by atoms with van der Waals surface area (Å²) in [6, 6.07) is 8.62. The number of benzene rings is 2. The van der Waals surface area contributed by atoms with E-state index in [0.717, 1.165) is 75.0 Å². The van der Waals surface area contributed by atoms with Crippen molar-refractivity contribution in [3.05, 3.63) is 64.7 Å². The largest absolute Gasteiger partial charge is 0.432 e. The van der Waals surface area contributed by atoms with Gasteiger partial charge in [-0.3, -0.25) is 0 Å². The first-order valence-electron chi connectivity index (χ1n) is 11.9. The van der Waals surface area contributed by atoms with Crippen LogP contribution in [0.15, 0.2) is 36.4 Å². The molecule has 0 amide bonds. The van der Waals surface area contributed by atoms with E-state index in [-0.39, 0.29) is 11.7 Å². The first-order valence-corrected chi connectivity index (χ1v) is 11.9. The molecule has 1 nitrogen and oxygen atoms in total. The first-order chi connectivity index (χ1) is 15.2. The van der Waals surface area contributed by atoms with E-state index in [9.17, 15) is 17.6 Å². The number of ether oxygens (including phenoxy) is 1. The normalized spacial score (nSPS) is 26.7. The van der Waals surface area contributed by atoms with Crippen LogP contribution >= 0.6 is 0 Å². The Morgan fingerprint density at radius 3 is 1.59 bits per heavy atom. The molecule has 32 heavy (non-hydrogen) atoms. The lowest BCUT2D eigenvalue weighted by Crippen LogP contribution is -2.25. The van der Waals surface area contributed by atoms with Crippen LogP contribution in [0, 0.1) is 23.5 Å². The molecular weight excluding hydrogens is 416 g/mol. The fourth-order valence-electron chi connectivity index (χ4n) is 5.30. The van der Waals surface area contributed by atoms with Gasteiger partial charge in [-0.2, -0.15) is 8.78 Å². The maximum Gasteiger partial charge on any atom is 0.432 e. The van der Waals surface area contributed by atoms with Gasteiger partial charge >= 0.3 is 6.11 Å². The summed E-state index contributed by atoms with van der Waals surface area (Å²) in [5.74, 6) is -0.864. The Kier molecular flexibility index (Phi) is 6.83. The van der Waals surface area contributed by atoms with Gasteiger partial charge in [0.25, 0.3) is 0 Å². The van der Waals surface area contributed by atoms with Gasteiger partial charge in [-0.05, 0) is 84.7 Å². The second-order valence-electron chi connectivity index (χ2n) is 9.96. The lowest BCUT2D eigenvalue weighted by molar-refractivity contribution is -0.189. The molecule has 0 N–H and O–H groups in total. The lowest BCUT2D eigenvalue weighted by Gasteiger charge is -2.27. The molecule has 2 aliphatic rings. The smallest absolute Gasteiger partial charge is 0.429 e. The predicted octanol–water partition coefficient (Wildman–Crippen LogP) is 8.68. The molecule has 2 aromatic carbocycles. The molecule has 4 rings (SSSR count). The van der Waals surface area contributed by atoms with Gasteiger partial charge in [-0.1, -0.05) is 51.7 Å². The van der Waals surface area contributed by atoms with Crippen LogP contribution in [0.25, 0.3) is 0 Å². The van der Waals surface area contributed by atoms with Gasteiger partial charge in [0.15, 0.2) is 0 Å². The van der Waals surface area contributed by atoms with E-state index in [1.54, 1.807) is 12.1 Å². The Morgan fingerprint density at radius 2 is 1.12 bits per heavy atom. The molecule has 0 radical (unpaired) electrons. The second kappa shape index (κ2) is 9.44. The third-order valence-electron chi connectivity index (χ3n) is 7.46. The van der Waals surface area contributed by atoms with E-state index in [4.69, 9.17) is 4.74 Å². The van der Waals surface area contributed by atoms with Crippen molar-refractivity contribution in [2.45, 2.75) is 83.2 Å². The summed E-state index contributed by atoms with van der Waals surface area (Å²) >= 11 is 0. The Hall–Kier alpha value is -2.04. The highest BCUT2D eigenvalue weighted by molar-refractivity contribution is 5.34. The van der Waals surface area contributed by atoms with Gasteiger partial charge in [-0.25, -0.2) is 8.78 Å². The number of hydrogen-bond donors (Lipinski definition) is 0. The SMILES string of the molecule is CC1CCC(c2ccc(OC(F)(F)c3c(F)cc(C4CCC(C)CC4)cc3F)cc2)CC1. The molecule has 0 bridgehead atoms. The molecule has 2 saturated carbocycles. The molecule has 0 saturated heterocycles. The van der Waals surface area contributed by atoms with Gasteiger partial charge in [0, 0.05) is 0 Å². The highest BCUT2D eigenvalue weighted by Crippen LogP contribution is 2.41. The first kappa shape index (κ1) is 23.1. The molecule has 0 aliphatic heterocycles. The van der Waals surface area contributed by atoms with Crippen LogP contribution < -0.4 is 4.74 Å². The summed E-state index contributed by atoms with van der Waals surface area (Å²) in [7, 11) is 0. The van der Waals surface area contributed by atoms with Gasteiger partial charge in [0.1, 0.15) is 22.9 Å². The Labute approximate surface area is 188 Å². The van der Waals surface area contributed by atoms with Crippen molar-refractivity contribution in [3.8, 4) is 5.75 Å². The van der Waals surface area contributed by atoms with Crippen LogP contribution in [-0.4, -0.2) is 0 Å². The highest BCUT2D eigenvalue weighted by atomic mass is 19.3. The predicted molar refractivity (Wildman–Crippen MR) is 118 cm³/mol. The molecule has 2 fully saturated rings. The zero-order valence-electron chi connectivity index (χ0n) is 18.9. The summed E-state index contributed by atoms with van der Waals surface area (Å²) in [6.45, 7) is 4.40. The molecular formula is C27H32F4O. The van der Waals surface area contributed by atoms with Gasteiger partial charge in [0.2, 0.25) is 0 Å². The van der Waals surface area contributed by atoms with E-state index >= 15 is 0 Å². The minimum atomic E-state index is -4.10. The van der Waals surface area contributed by atoms with Crippen molar-refractivity contribution >= 4 is 0 Å². The number of rotatable bonds is 5. The Morgan fingerprint density at radius 1 is 0.688 bits per heavy atom. The van der Waals surface area contributed by atoms with E-state index in [1.165, 1.54) is 12.1 Å². The van der Waals surface area contributed by atoms with E-state index in [0.29, 0.717) is 17.4 Å². The minimum Gasteiger partial charge on any atom is -0.429 e. The molecule has 0 heterocycles. The van der Waals surface area contributed by atoms with Crippen molar-refractivity contribution in [1.29, 1.82) is 0 Å². The van der Waals surface area contributed by atoms with Crippen LogP contribution in [0.2, 0.25) is 0 Å². The summed E-state index contributed by atoms with van der Waals surface area (Å²) < 4.78 is 63.7.